The number of nitrogens with one attached hydrogen (secondary N) is 1. The van der Waals surface area contributed by atoms with Crippen molar-refractivity contribution in [3.63, 3.8) is 0 Å². The second kappa shape index (κ2) is 14.4. The second-order valence-electron chi connectivity index (χ2n) is 8.40. The van der Waals surface area contributed by atoms with Crippen molar-refractivity contribution in [1.82, 2.24) is 5.32 Å². The molecule has 0 radical (unpaired) electrons. The molecule has 1 heterocycles. The van der Waals surface area contributed by atoms with Gasteiger partial charge in [0.15, 0.2) is 0 Å². The highest BCUT2D eigenvalue weighted by atomic mass is 16.6. The van der Waals surface area contributed by atoms with E-state index >= 15 is 0 Å². The van der Waals surface area contributed by atoms with Crippen molar-refractivity contribution in [3.05, 3.63) is 48.0 Å². The minimum Gasteiger partial charge on any atom is -0.461 e. The highest BCUT2D eigenvalue weighted by Crippen LogP contribution is 2.32. The first-order valence-electron chi connectivity index (χ1n) is 11.8. The molecule has 32 heavy (non-hydrogen) atoms. The van der Waals surface area contributed by atoms with Gasteiger partial charge in [-0.1, -0.05) is 75.1 Å². The van der Waals surface area contributed by atoms with Gasteiger partial charge in [-0.05, 0) is 31.7 Å². The van der Waals surface area contributed by atoms with E-state index in [9.17, 15) is 14.4 Å². The highest BCUT2D eigenvalue weighted by molar-refractivity contribution is 5.79. The average Bonchev–Trinajstić information content (AvgIpc) is 2.79. The number of hydrogen-bond acceptors (Lipinski definition) is 5. The van der Waals surface area contributed by atoms with Crippen molar-refractivity contribution in [1.29, 1.82) is 0 Å². The topological polar surface area (TPSA) is 81.7 Å². The molecule has 1 fully saturated rings. The van der Waals surface area contributed by atoms with E-state index in [1.54, 1.807) is 0 Å². The van der Waals surface area contributed by atoms with E-state index in [0.29, 0.717) is 25.7 Å². The Kier molecular flexibility index (Phi) is 11.6. The molecule has 4 atom stereocenters. The summed E-state index contributed by atoms with van der Waals surface area (Å²) in [6.07, 6.45) is 11.5. The van der Waals surface area contributed by atoms with Crippen molar-refractivity contribution < 1.29 is 23.9 Å². The minimum absolute atomic E-state index is 0.108. The fourth-order valence-electron chi connectivity index (χ4n) is 4.03. The average molecular weight is 444 g/mol. The Balaban J connectivity index is 1.97. The predicted molar refractivity (Wildman–Crippen MR) is 124 cm³/mol. The monoisotopic (exact) mass is 443 g/mol. The van der Waals surface area contributed by atoms with E-state index in [4.69, 9.17) is 9.47 Å². The van der Waals surface area contributed by atoms with Crippen LogP contribution in [0, 0.1) is 5.92 Å². The molecule has 176 valence electrons. The third kappa shape index (κ3) is 8.48. The summed E-state index contributed by atoms with van der Waals surface area (Å²) in [7, 11) is 0. The van der Waals surface area contributed by atoms with E-state index in [1.165, 1.54) is 6.42 Å². The van der Waals surface area contributed by atoms with E-state index < -0.39 is 12.0 Å². The maximum Gasteiger partial charge on any atom is 0.329 e. The Morgan fingerprint density at radius 2 is 2.00 bits per heavy atom. The van der Waals surface area contributed by atoms with Crippen LogP contribution >= 0.6 is 0 Å². The zero-order valence-corrected chi connectivity index (χ0v) is 19.3. The van der Waals surface area contributed by atoms with Crippen molar-refractivity contribution in [3.8, 4) is 0 Å². The zero-order valence-electron chi connectivity index (χ0n) is 19.3. The van der Waals surface area contributed by atoms with Gasteiger partial charge in [0.05, 0.1) is 5.92 Å². The van der Waals surface area contributed by atoms with E-state index in [0.717, 1.165) is 37.7 Å². The third-order valence-corrected chi connectivity index (χ3v) is 5.89. The molecule has 1 saturated heterocycles. The Bertz CT molecular complexity index is 733. The molecule has 1 aromatic carbocycles. The lowest BCUT2D eigenvalue weighted by Crippen LogP contribution is -2.48. The minimum atomic E-state index is -0.757. The molecule has 6 heteroatoms. The van der Waals surface area contributed by atoms with Crippen LogP contribution in [-0.2, 0) is 30.3 Å². The molecule has 0 aliphatic carbocycles. The van der Waals surface area contributed by atoms with Crippen LogP contribution in [0.2, 0.25) is 0 Å². The molecular weight excluding hydrogens is 406 g/mol. The number of ether oxygens (including phenoxy) is 2. The molecule has 1 N–H and O–H groups in total. The van der Waals surface area contributed by atoms with Crippen LogP contribution < -0.4 is 5.32 Å². The maximum absolute atomic E-state index is 12.9. The Hall–Kier alpha value is -2.63. The first kappa shape index (κ1) is 25.6. The van der Waals surface area contributed by atoms with Gasteiger partial charge in [0, 0.05) is 12.8 Å². The third-order valence-electron chi connectivity index (χ3n) is 5.89. The van der Waals surface area contributed by atoms with Crippen LogP contribution in [0.25, 0.3) is 0 Å². The lowest BCUT2D eigenvalue weighted by atomic mass is 9.86. The Labute approximate surface area is 191 Å². The van der Waals surface area contributed by atoms with Crippen LogP contribution in [-0.4, -0.2) is 36.6 Å². The number of hydrogen-bond donors (Lipinski definition) is 1. The van der Waals surface area contributed by atoms with Crippen molar-refractivity contribution in [2.24, 2.45) is 5.92 Å². The molecule has 0 saturated carbocycles. The van der Waals surface area contributed by atoms with Crippen molar-refractivity contribution in [2.75, 3.05) is 0 Å². The van der Waals surface area contributed by atoms with Gasteiger partial charge in [0.25, 0.3) is 0 Å². The number of amides is 1. The standard InChI is InChI=1S/C26H37NO5/c1-3-5-7-12-16-22-24(32-25(22)29)18-21(15-9-6-4-2)31-26(30)23(27-19-28)17-20-13-10-8-11-14-20/h4,6,8,10-11,13-14,19,21-24H,3,5,7,9,12,15-18H2,1-2H3,(H,27,28)/t21?,22-,23-,24?/m0/s1. The van der Waals surface area contributed by atoms with Gasteiger partial charge in [0.1, 0.15) is 18.2 Å². The number of allylic oxidation sites excluding steroid dienone is 2. The Morgan fingerprint density at radius 1 is 1.22 bits per heavy atom. The van der Waals surface area contributed by atoms with E-state index in [2.05, 4.69) is 12.2 Å². The van der Waals surface area contributed by atoms with Gasteiger partial charge in [-0.15, -0.1) is 0 Å². The summed E-state index contributed by atoms with van der Waals surface area (Å²) in [4.78, 5) is 35.9. The first-order valence-corrected chi connectivity index (χ1v) is 11.8. The molecule has 2 unspecified atom stereocenters. The molecule has 1 aliphatic rings. The molecule has 1 amide bonds. The number of carbonyl (C=O) groups excluding carboxylic acids is 3. The summed E-state index contributed by atoms with van der Waals surface area (Å²) in [5.74, 6) is -0.714. The van der Waals surface area contributed by atoms with E-state index in [-0.39, 0.29) is 24.1 Å². The molecule has 1 aliphatic heterocycles. The molecular formula is C26H37NO5. The number of benzene rings is 1. The van der Waals surface area contributed by atoms with Gasteiger partial charge in [-0.3, -0.25) is 9.59 Å². The van der Waals surface area contributed by atoms with Crippen molar-refractivity contribution in [2.45, 2.75) is 89.9 Å². The molecule has 0 spiro atoms. The lowest BCUT2D eigenvalue weighted by Gasteiger charge is -2.37. The summed E-state index contributed by atoms with van der Waals surface area (Å²) in [5.41, 5.74) is 0.939. The normalized spacial score (nSPS) is 19.6. The van der Waals surface area contributed by atoms with Gasteiger partial charge in [0.2, 0.25) is 6.41 Å². The number of cyclic esters (lactones) is 1. The fourth-order valence-corrected chi connectivity index (χ4v) is 4.03. The van der Waals surface area contributed by atoms with Gasteiger partial charge >= 0.3 is 11.9 Å². The van der Waals surface area contributed by atoms with Gasteiger partial charge in [-0.2, -0.15) is 0 Å². The van der Waals surface area contributed by atoms with Crippen LogP contribution in [0.1, 0.15) is 70.8 Å². The largest absolute Gasteiger partial charge is 0.461 e. The molecule has 6 nitrogen and oxygen atoms in total. The first-order chi connectivity index (χ1) is 15.6. The molecule has 0 aromatic heterocycles. The van der Waals surface area contributed by atoms with Crippen LogP contribution in [0.15, 0.2) is 42.5 Å². The number of rotatable bonds is 16. The van der Waals surface area contributed by atoms with Crippen LogP contribution in [0.5, 0.6) is 0 Å². The number of unbranched alkanes of at least 4 members (excludes halogenated alkanes) is 3. The van der Waals surface area contributed by atoms with Crippen LogP contribution in [0.3, 0.4) is 0 Å². The second-order valence-corrected chi connectivity index (χ2v) is 8.40. The van der Waals surface area contributed by atoms with Crippen molar-refractivity contribution >= 4 is 18.3 Å². The highest BCUT2D eigenvalue weighted by Gasteiger charge is 2.43. The molecule has 1 aromatic rings. The quantitative estimate of drug-likeness (QED) is 0.176. The maximum atomic E-state index is 12.9. The number of esters is 2. The SMILES string of the molecule is CC=CCCC(CC1OC(=O)[C@H]1CCCCCC)OC(=O)[C@H](Cc1ccccc1)NC=O. The summed E-state index contributed by atoms with van der Waals surface area (Å²) in [5, 5.41) is 2.59. The lowest BCUT2D eigenvalue weighted by molar-refractivity contribution is -0.190. The summed E-state index contributed by atoms with van der Waals surface area (Å²) in [6.45, 7) is 4.11. The fraction of sp³-hybridized carbons (Fsp3) is 0.577. The number of carbonyl (C=O) groups is 3. The molecule has 0 bridgehead atoms. The zero-order chi connectivity index (χ0) is 23.2. The van der Waals surface area contributed by atoms with Gasteiger partial charge in [-0.25, -0.2) is 4.79 Å². The van der Waals surface area contributed by atoms with Crippen LogP contribution in [0.4, 0.5) is 0 Å². The predicted octanol–water partition coefficient (Wildman–Crippen LogP) is 4.51. The summed E-state index contributed by atoms with van der Waals surface area (Å²) in [6, 6.07) is 8.75. The summed E-state index contributed by atoms with van der Waals surface area (Å²) >= 11 is 0. The van der Waals surface area contributed by atoms with Gasteiger partial charge < -0.3 is 14.8 Å². The van der Waals surface area contributed by atoms with E-state index in [1.807, 2.05) is 49.4 Å². The smallest absolute Gasteiger partial charge is 0.329 e. The summed E-state index contributed by atoms with van der Waals surface area (Å²) < 4.78 is 11.2. The Morgan fingerprint density at radius 3 is 2.66 bits per heavy atom. The molecule has 2 rings (SSSR count).